The number of carboxylic acid groups (broad SMARTS) is 1. The van der Waals surface area contributed by atoms with E-state index in [0.717, 1.165) is 12.8 Å². The van der Waals surface area contributed by atoms with E-state index in [4.69, 9.17) is 9.84 Å². The molecule has 0 heterocycles. The summed E-state index contributed by atoms with van der Waals surface area (Å²) in [6.07, 6.45) is 3.53. The van der Waals surface area contributed by atoms with Crippen molar-refractivity contribution in [3.05, 3.63) is 0 Å². The van der Waals surface area contributed by atoms with Gasteiger partial charge in [0.2, 0.25) is 0 Å². The smallest absolute Gasteiger partial charge is 0.317 e. The van der Waals surface area contributed by atoms with E-state index in [-0.39, 0.29) is 18.5 Å². The Morgan fingerprint density at radius 3 is 2.68 bits per heavy atom. The van der Waals surface area contributed by atoms with E-state index >= 15 is 0 Å². The number of carboxylic acids is 1. The zero-order valence-electron chi connectivity index (χ0n) is 11.7. The first-order valence-corrected chi connectivity index (χ1v) is 6.82. The number of rotatable bonds is 9. The molecule has 0 aromatic heterocycles. The van der Waals surface area contributed by atoms with E-state index in [1.54, 1.807) is 7.11 Å². The average molecular weight is 272 g/mol. The lowest BCUT2D eigenvalue weighted by Gasteiger charge is -2.24. The normalized spacial score (nSPS) is 15.9. The molecule has 1 unspecified atom stereocenters. The first kappa shape index (κ1) is 15.8. The number of nitrogens with one attached hydrogen (secondary N) is 1. The highest BCUT2D eigenvalue weighted by Crippen LogP contribution is 2.26. The summed E-state index contributed by atoms with van der Waals surface area (Å²) in [4.78, 5) is 24.3. The molecular formula is C13H24N2O4. The van der Waals surface area contributed by atoms with Crippen molar-refractivity contribution in [3.8, 4) is 0 Å². The quantitative estimate of drug-likeness (QED) is 0.666. The van der Waals surface area contributed by atoms with E-state index in [1.165, 1.54) is 0 Å². The van der Waals surface area contributed by atoms with Crippen molar-refractivity contribution >= 4 is 12.0 Å². The number of carbonyl (C=O) groups is 2. The van der Waals surface area contributed by atoms with Gasteiger partial charge < -0.3 is 20.1 Å². The zero-order chi connectivity index (χ0) is 14.3. The minimum absolute atomic E-state index is 0.00403. The maximum atomic E-state index is 12.1. The summed E-state index contributed by atoms with van der Waals surface area (Å²) in [5.41, 5.74) is 0. The molecule has 0 bridgehead atoms. The van der Waals surface area contributed by atoms with Crippen LogP contribution in [0.1, 0.15) is 39.0 Å². The van der Waals surface area contributed by atoms with Gasteiger partial charge in [-0.15, -0.1) is 0 Å². The third kappa shape index (κ3) is 6.42. The molecule has 1 aliphatic carbocycles. The SMILES string of the molecule is COCCN(C(=O)NC(C)CCCC(=O)O)C1CC1. The Bertz CT molecular complexity index is 305. The molecule has 0 aliphatic heterocycles. The van der Waals surface area contributed by atoms with Crippen LogP contribution in [-0.4, -0.2) is 54.4 Å². The molecule has 0 spiro atoms. The second-order valence-electron chi connectivity index (χ2n) is 5.05. The zero-order valence-corrected chi connectivity index (χ0v) is 11.7. The molecule has 1 atom stereocenters. The largest absolute Gasteiger partial charge is 0.481 e. The Morgan fingerprint density at radius 1 is 1.47 bits per heavy atom. The van der Waals surface area contributed by atoms with E-state index in [2.05, 4.69) is 5.32 Å². The van der Waals surface area contributed by atoms with Gasteiger partial charge in [-0.25, -0.2) is 4.79 Å². The lowest BCUT2D eigenvalue weighted by atomic mass is 10.1. The van der Waals surface area contributed by atoms with E-state index < -0.39 is 5.97 Å². The fraction of sp³-hybridized carbons (Fsp3) is 0.846. The van der Waals surface area contributed by atoms with Gasteiger partial charge in [0, 0.05) is 32.2 Å². The molecule has 1 rings (SSSR count). The first-order chi connectivity index (χ1) is 9.04. The third-order valence-electron chi connectivity index (χ3n) is 3.18. The molecule has 6 heteroatoms. The maximum absolute atomic E-state index is 12.1. The van der Waals surface area contributed by atoms with Crippen LogP contribution in [0, 0.1) is 0 Å². The fourth-order valence-electron chi connectivity index (χ4n) is 1.95. The number of carbonyl (C=O) groups excluding carboxylic acids is 1. The van der Waals surface area contributed by atoms with Crippen molar-refractivity contribution in [1.82, 2.24) is 10.2 Å². The van der Waals surface area contributed by atoms with Crippen molar-refractivity contribution in [1.29, 1.82) is 0 Å². The number of hydrogen-bond acceptors (Lipinski definition) is 3. The Hall–Kier alpha value is -1.30. The van der Waals surface area contributed by atoms with Crippen LogP contribution in [0.15, 0.2) is 0 Å². The van der Waals surface area contributed by atoms with Crippen LogP contribution in [0.25, 0.3) is 0 Å². The minimum atomic E-state index is -0.793. The summed E-state index contributed by atoms with van der Waals surface area (Å²) >= 11 is 0. The highest BCUT2D eigenvalue weighted by molar-refractivity contribution is 5.75. The highest BCUT2D eigenvalue weighted by atomic mass is 16.5. The van der Waals surface area contributed by atoms with Crippen LogP contribution in [0.2, 0.25) is 0 Å². The number of nitrogens with zero attached hydrogens (tertiary/aromatic N) is 1. The molecule has 0 saturated heterocycles. The number of amides is 2. The summed E-state index contributed by atoms with van der Waals surface area (Å²) in [6.45, 7) is 3.05. The van der Waals surface area contributed by atoms with Gasteiger partial charge in [0.1, 0.15) is 0 Å². The van der Waals surface area contributed by atoms with Crippen LogP contribution in [0.4, 0.5) is 4.79 Å². The summed E-state index contributed by atoms with van der Waals surface area (Å²) in [6, 6.07) is 0.277. The topological polar surface area (TPSA) is 78.9 Å². The molecule has 0 radical (unpaired) electrons. The molecule has 6 nitrogen and oxygen atoms in total. The molecule has 0 aromatic rings. The number of methoxy groups -OCH3 is 1. The van der Waals surface area contributed by atoms with Gasteiger partial charge in [-0.2, -0.15) is 0 Å². The predicted molar refractivity (Wildman–Crippen MR) is 71.1 cm³/mol. The molecule has 2 N–H and O–H groups in total. The number of hydrogen-bond donors (Lipinski definition) is 2. The number of aliphatic carboxylic acids is 1. The van der Waals surface area contributed by atoms with Crippen LogP contribution in [0.5, 0.6) is 0 Å². The van der Waals surface area contributed by atoms with Crippen molar-refractivity contribution in [2.45, 2.75) is 51.1 Å². The Morgan fingerprint density at radius 2 is 2.16 bits per heavy atom. The van der Waals surface area contributed by atoms with E-state index in [9.17, 15) is 9.59 Å². The molecule has 2 amide bonds. The summed E-state index contributed by atoms with van der Waals surface area (Å²) in [7, 11) is 1.62. The van der Waals surface area contributed by atoms with Gasteiger partial charge in [0.25, 0.3) is 0 Å². The first-order valence-electron chi connectivity index (χ1n) is 6.82. The lowest BCUT2D eigenvalue weighted by molar-refractivity contribution is -0.137. The van der Waals surface area contributed by atoms with E-state index in [1.807, 2.05) is 11.8 Å². The van der Waals surface area contributed by atoms with E-state index in [0.29, 0.717) is 32.0 Å². The van der Waals surface area contributed by atoms with Crippen LogP contribution < -0.4 is 5.32 Å². The Balaban J connectivity index is 2.27. The van der Waals surface area contributed by atoms with Crippen molar-refractivity contribution < 1.29 is 19.4 Å². The fourth-order valence-corrected chi connectivity index (χ4v) is 1.95. The van der Waals surface area contributed by atoms with Crippen LogP contribution in [-0.2, 0) is 9.53 Å². The third-order valence-corrected chi connectivity index (χ3v) is 3.18. The highest BCUT2D eigenvalue weighted by Gasteiger charge is 2.32. The predicted octanol–water partition coefficient (Wildman–Crippen LogP) is 1.45. The lowest BCUT2D eigenvalue weighted by Crippen LogP contribution is -2.46. The second-order valence-corrected chi connectivity index (χ2v) is 5.05. The molecule has 1 fully saturated rings. The van der Waals surface area contributed by atoms with Crippen molar-refractivity contribution in [3.63, 3.8) is 0 Å². The standard InChI is InChI=1S/C13H24N2O4/c1-10(4-3-5-12(16)17)14-13(18)15(8-9-19-2)11-6-7-11/h10-11H,3-9H2,1-2H3,(H,14,18)(H,16,17). The van der Waals surface area contributed by atoms with Crippen LogP contribution in [0.3, 0.4) is 0 Å². The monoisotopic (exact) mass is 272 g/mol. The summed E-state index contributed by atoms with van der Waals surface area (Å²) in [5.74, 6) is -0.793. The van der Waals surface area contributed by atoms with Gasteiger partial charge in [-0.1, -0.05) is 0 Å². The number of urea groups is 1. The average Bonchev–Trinajstić information content (AvgIpc) is 3.13. The van der Waals surface area contributed by atoms with Gasteiger partial charge in [0.15, 0.2) is 0 Å². The maximum Gasteiger partial charge on any atom is 0.317 e. The van der Waals surface area contributed by atoms with Gasteiger partial charge in [-0.3, -0.25) is 4.79 Å². The summed E-state index contributed by atoms with van der Waals surface area (Å²) in [5, 5.41) is 11.5. The minimum Gasteiger partial charge on any atom is -0.481 e. The van der Waals surface area contributed by atoms with Gasteiger partial charge in [-0.05, 0) is 32.6 Å². The van der Waals surface area contributed by atoms with Crippen molar-refractivity contribution in [2.24, 2.45) is 0 Å². The van der Waals surface area contributed by atoms with Crippen LogP contribution >= 0.6 is 0 Å². The Kier molecular flexibility index (Phi) is 6.62. The molecule has 1 saturated carbocycles. The number of ether oxygens (including phenoxy) is 1. The second kappa shape index (κ2) is 7.99. The molecular weight excluding hydrogens is 248 g/mol. The molecule has 19 heavy (non-hydrogen) atoms. The van der Waals surface area contributed by atoms with Gasteiger partial charge >= 0.3 is 12.0 Å². The molecule has 0 aromatic carbocycles. The van der Waals surface area contributed by atoms with Crippen molar-refractivity contribution in [2.75, 3.05) is 20.3 Å². The summed E-state index contributed by atoms with van der Waals surface area (Å²) < 4.78 is 5.01. The molecule has 1 aliphatic rings. The van der Waals surface area contributed by atoms with Gasteiger partial charge in [0.05, 0.1) is 6.61 Å². The molecule has 110 valence electrons. The Labute approximate surface area is 114 Å².